The predicted octanol–water partition coefficient (Wildman–Crippen LogP) is 4.53. The Morgan fingerprint density at radius 2 is 1.93 bits per heavy atom. The normalized spacial score (nSPS) is 14.5. The van der Waals surface area contributed by atoms with E-state index in [1.54, 1.807) is 12.1 Å². The number of aryl methyl sites for hydroxylation is 1. The van der Waals surface area contributed by atoms with Crippen LogP contribution in [0.25, 0.3) is 10.9 Å². The Kier molecular flexibility index (Phi) is 6.68. The molecular formula is C25H28FN3O. The summed E-state index contributed by atoms with van der Waals surface area (Å²) >= 11 is 0. The third kappa shape index (κ3) is 4.84. The average molecular weight is 406 g/mol. The predicted molar refractivity (Wildman–Crippen MR) is 120 cm³/mol. The van der Waals surface area contributed by atoms with Crippen molar-refractivity contribution in [3.63, 3.8) is 0 Å². The van der Waals surface area contributed by atoms with E-state index >= 15 is 0 Å². The summed E-state index contributed by atoms with van der Waals surface area (Å²) in [6.45, 7) is 6.08. The fourth-order valence-electron chi connectivity index (χ4n) is 3.95. The molecule has 30 heavy (non-hydrogen) atoms. The molecule has 4 nitrogen and oxygen atoms in total. The number of halogens is 1. The number of ether oxygens (including phenoxy) is 1. The maximum atomic E-state index is 13.0. The average Bonchev–Trinajstić information content (AvgIpc) is 3.15. The molecule has 1 aliphatic heterocycles. The van der Waals surface area contributed by atoms with Gasteiger partial charge in [-0.3, -0.25) is 0 Å². The first-order chi connectivity index (χ1) is 14.7. The van der Waals surface area contributed by atoms with Gasteiger partial charge < -0.3 is 19.9 Å². The Balaban J connectivity index is 1.48. The highest BCUT2D eigenvalue weighted by atomic mass is 19.1. The highest BCUT2D eigenvalue weighted by Crippen LogP contribution is 2.24. The molecule has 0 atom stereocenters. The lowest BCUT2D eigenvalue weighted by Crippen LogP contribution is -2.34. The van der Waals surface area contributed by atoms with Crippen LogP contribution in [0.4, 0.5) is 10.1 Å². The monoisotopic (exact) mass is 405 g/mol. The summed E-state index contributed by atoms with van der Waals surface area (Å²) in [4.78, 5) is 0. The summed E-state index contributed by atoms with van der Waals surface area (Å²) < 4.78 is 20.7. The first-order valence-corrected chi connectivity index (χ1v) is 10.6. The molecule has 2 N–H and O–H groups in total. The minimum absolute atomic E-state index is 0.235. The van der Waals surface area contributed by atoms with E-state index in [1.165, 1.54) is 28.6 Å². The van der Waals surface area contributed by atoms with E-state index in [-0.39, 0.29) is 5.82 Å². The third-order valence-corrected chi connectivity index (χ3v) is 5.60. The highest BCUT2D eigenvalue weighted by Gasteiger charge is 2.14. The van der Waals surface area contributed by atoms with Crippen molar-refractivity contribution in [2.75, 3.05) is 25.1 Å². The van der Waals surface area contributed by atoms with Gasteiger partial charge in [-0.1, -0.05) is 18.1 Å². The van der Waals surface area contributed by atoms with E-state index in [0.29, 0.717) is 12.6 Å². The molecule has 0 spiro atoms. The number of hydrogen-bond donors (Lipinski definition) is 2. The van der Waals surface area contributed by atoms with Crippen molar-refractivity contribution in [1.82, 2.24) is 9.88 Å². The van der Waals surface area contributed by atoms with Crippen molar-refractivity contribution >= 4 is 16.6 Å². The number of anilines is 1. The molecule has 1 aromatic heterocycles. The van der Waals surface area contributed by atoms with Gasteiger partial charge in [0.1, 0.15) is 5.82 Å². The van der Waals surface area contributed by atoms with Gasteiger partial charge in [-0.2, -0.15) is 0 Å². The topological polar surface area (TPSA) is 38.2 Å². The number of aromatic nitrogens is 1. The Morgan fingerprint density at radius 3 is 2.70 bits per heavy atom. The number of benzene rings is 2. The summed E-state index contributed by atoms with van der Waals surface area (Å²) in [5.41, 5.74) is 4.41. The second kappa shape index (κ2) is 9.80. The molecule has 0 amide bonds. The van der Waals surface area contributed by atoms with E-state index in [9.17, 15) is 4.39 Å². The Hall–Kier alpha value is -2.81. The van der Waals surface area contributed by atoms with Gasteiger partial charge in [-0.15, -0.1) is 0 Å². The van der Waals surface area contributed by atoms with Crippen molar-refractivity contribution in [1.29, 1.82) is 0 Å². The Bertz CT molecular complexity index is 1040. The van der Waals surface area contributed by atoms with Crippen molar-refractivity contribution in [3.05, 3.63) is 65.6 Å². The molecule has 1 fully saturated rings. The van der Waals surface area contributed by atoms with Crippen LogP contribution in [-0.4, -0.2) is 30.4 Å². The number of fused-ring (bicyclic) bond motifs is 1. The van der Waals surface area contributed by atoms with E-state index in [2.05, 4.69) is 58.2 Å². The minimum Gasteiger partial charge on any atom is -0.381 e. The molecule has 1 aliphatic rings. The molecule has 0 bridgehead atoms. The fourth-order valence-corrected chi connectivity index (χ4v) is 3.95. The van der Waals surface area contributed by atoms with Crippen LogP contribution in [0.3, 0.4) is 0 Å². The maximum Gasteiger partial charge on any atom is 0.123 e. The molecule has 0 saturated carbocycles. The molecule has 4 rings (SSSR count). The lowest BCUT2D eigenvalue weighted by atomic mass is 10.1. The van der Waals surface area contributed by atoms with Gasteiger partial charge in [0.25, 0.3) is 0 Å². The van der Waals surface area contributed by atoms with Gasteiger partial charge in [0, 0.05) is 48.9 Å². The van der Waals surface area contributed by atoms with Gasteiger partial charge in [-0.25, -0.2) is 4.39 Å². The van der Waals surface area contributed by atoms with Crippen LogP contribution < -0.4 is 10.6 Å². The lowest BCUT2D eigenvalue weighted by Gasteiger charge is -2.23. The first kappa shape index (κ1) is 20.5. The quantitative estimate of drug-likeness (QED) is 0.592. The van der Waals surface area contributed by atoms with Crippen molar-refractivity contribution in [2.24, 2.45) is 0 Å². The Morgan fingerprint density at radius 1 is 1.13 bits per heavy atom. The summed E-state index contributed by atoms with van der Waals surface area (Å²) in [5, 5.41) is 8.16. The van der Waals surface area contributed by atoms with Gasteiger partial charge in [0.2, 0.25) is 0 Å². The van der Waals surface area contributed by atoms with E-state index in [4.69, 9.17) is 4.74 Å². The minimum atomic E-state index is -0.235. The molecule has 156 valence electrons. The zero-order valence-corrected chi connectivity index (χ0v) is 17.4. The van der Waals surface area contributed by atoms with Gasteiger partial charge in [0.15, 0.2) is 0 Å². The molecule has 3 aromatic rings. The largest absolute Gasteiger partial charge is 0.381 e. The summed E-state index contributed by atoms with van der Waals surface area (Å²) in [7, 11) is 0. The van der Waals surface area contributed by atoms with E-state index < -0.39 is 0 Å². The number of nitrogens with one attached hydrogen (secondary N) is 2. The standard InChI is InChI=1S/C25H28FN3O/c1-2-29-23(6-4-14-27-21-10-8-20(26)9-11-21)17-24-19(5-3-7-25(24)29)18-28-22-12-15-30-16-13-22/h3,5,7-11,17,22,27-28H,2,12-16,18H2,1H3. The van der Waals surface area contributed by atoms with Gasteiger partial charge >= 0.3 is 0 Å². The molecule has 0 aliphatic carbocycles. The molecule has 0 unspecified atom stereocenters. The summed E-state index contributed by atoms with van der Waals surface area (Å²) in [5.74, 6) is 6.27. The van der Waals surface area contributed by atoms with Crippen LogP contribution in [-0.2, 0) is 17.8 Å². The van der Waals surface area contributed by atoms with Crippen LogP contribution in [0.2, 0.25) is 0 Å². The lowest BCUT2D eigenvalue weighted by molar-refractivity contribution is 0.0776. The second-order valence-corrected chi connectivity index (χ2v) is 7.55. The molecule has 2 aromatic carbocycles. The van der Waals surface area contributed by atoms with E-state index in [0.717, 1.165) is 50.5 Å². The summed E-state index contributed by atoms with van der Waals surface area (Å²) in [6, 6.07) is 15.5. The number of rotatable bonds is 6. The zero-order chi connectivity index (χ0) is 20.8. The van der Waals surface area contributed by atoms with Gasteiger partial charge in [0.05, 0.1) is 12.2 Å². The van der Waals surface area contributed by atoms with Crippen LogP contribution in [0, 0.1) is 17.7 Å². The van der Waals surface area contributed by atoms with Crippen LogP contribution in [0.15, 0.2) is 48.5 Å². The molecule has 2 heterocycles. The molecule has 0 radical (unpaired) electrons. The third-order valence-electron chi connectivity index (χ3n) is 5.60. The van der Waals surface area contributed by atoms with Crippen LogP contribution in [0.5, 0.6) is 0 Å². The summed E-state index contributed by atoms with van der Waals surface area (Å²) in [6.07, 6.45) is 2.15. The smallest absolute Gasteiger partial charge is 0.123 e. The number of nitrogens with zero attached hydrogens (tertiary/aromatic N) is 1. The molecule has 5 heteroatoms. The van der Waals surface area contributed by atoms with Crippen molar-refractivity contribution in [3.8, 4) is 11.8 Å². The Labute approximate surface area is 177 Å². The van der Waals surface area contributed by atoms with E-state index in [1.807, 2.05) is 0 Å². The zero-order valence-electron chi connectivity index (χ0n) is 17.4. The van der Waals surface area contributed by atoms with Crippen LogP contribution in [0.1, 0.15) is 31.0 Å². The van der Waals surface area contributed by atoms with Crippen molar-refractivity contribution < 1.29 is 9.13 Å². The van der Waals surface area contributed by atoms with Gasteiger partial charge in [-0.05, 0) is 67.6 Å². The molecular weight excluding hydrogens is 377 g/mol. The van der Waals surface area contributed by atoms with Crippen molar-refractivity contribution in [2.45, 2.75) is 38.9 Å². The maximum absolute atomic E-state index is 13.0. The second-order valence-electron chi connectivity index (χ2n) is 7.55. The van der Waals surface area contributed by atoms with Crippen LogP contribution >= 0.6 is 0 Å². The molecule has 1 saturated heterocycles. The number of hydrogen-bond acceptors (Lipinski definition) is 3. The first-order valence-electron chi connectivity index (χ1n) is 10.6. The highest BCUT2D eigenvalue weighted by molar-refractivity contribution is 5.85. The SMILES string of the molecule is CCn1c(C#CCNc2ccc(F)cc2)cc2c(CNC3CCOCC3)cccc21. The fraction of sp³-hybridized carbons (Fsp3) is 0.360.